The monoisotopic (exact) mass is 241 g/mol. The number of aldehydes is 1. The molecule has 0 saturated heterocycles. The molecule has 0 amide bonds. The quantitative estimate of drug-likeness (QED) is 0.746. The largest absolute Gasteiger partial charge is 0.303 e. The Morgan fingerprint density at radius 2 is 2.31 bits per heavy atom. The van der Waals surface area contributed by atoms with Gasteiger partial charge in [-0.05, 0) is 28.1 Å². The molecular weight excluding hydrogens is 237 g/mol. The highest BCUT2D eigenvalue weighted by molar-refractivity contribution is 9.10. The Hall–Kier alpha value is -1.21. The van der Waals surface area contributed by atoms with Gasteiger partial charge in [0, 0.05) is 16.5 Å². The van der Waals surface area contributed by atoms with Gasteiger partial charge >= 0.3 is 0 Å². The van der Waals surface area contributed by atoms with Gasteiger partial charge in [0.1, 0.15) is 18.2 Å². The Balaban J connectivity index is 3.36. The van der Waals surface area contributed by atoms with E-state index in [1.54, 1.807) is 0 Å². The van der Waals surface area contributed by atoms with E-state index in [4.69, 9.17) is 5.26 Å². The second-order valence-electron chi connectivity index (χ2n) is 2.37. The second kappa shape index (κ2) is 4.15. The molecule has 0 N–H and O–H groups in total. The lowest BCUT2D eigenvalue weighted by Crippen LogP contribution is -1.97. The van der Waals surface area contributed by atoms with Crippen LogP contribution < -0.4 is 0 Å². The van der Waals surface area contributed by atoms with Crippen molar-refractivity contribution in [3.05, 3.63) is 33.5 Å². The number of carbonyl (C=O) groups is 1. The highest BCUT2D eigenvalue weighted by Gasteiger charge is 2.10. The van der Waals surface area contributed by atoms with E-state index in [2.05, 4.69) is 15.9 Å². The van der Waals surface area contributed by atoms with Gasteiger partial charge in [-0.2, -0.15) is 5.26 Å². The van der Waals surface area contributed by atoms with E-state index in [1.165, 1.54) is 12.1 Å². The van der Waals surface area contributed by atoms with Gasteiger partial charge in [0.15, 0.2) is 0 Å². The number of benzene rings is 1. The van der Waals surface area contributed by atoms with Gasteiger partial charge in [0.2, 0.25) is 0 Å². The molecule has 4 heteroatoms. The van der Waals surface area contributed by atoms with Crippen LogP contribution in [0, 0.1) is 17.1 Å². The summed E-state index contributed by atoms with van der Waals surface area (Å²) >= 11 is 3.11. The van der Waals surface area contributed by atoms with Crippen molar-refractivity contribution in [1.29, 1.82) is 5.26 Å². The summed E-state index contributed by atoms with van der Waals surface area (Å²) in [6.07, 6.45) is 0.500. The molecule has 0 bridgehead atoms. The van der Waals surface area contributed by atoms with Crippen LogP contribution in [-0.2, 0) is 11.2 Å². The lowest BCUT2D eigenvalue weighted by atomic mass is 10.1. The van der Waals surface area contributed by atoms with Crippen molar-refractivity contribution in [1.82, 2.24) is 0 Å². The summed E-state index contributed by atoms with van der Waals surface area (Å²) in [5, 5.41) is 8.69. The van der Waals surface area contributed by atoms with Crippen molar-refractivity contribution in [2.24, 2.45) is 0 Å². The summed E-state index contributed by atoms with van der Waals surface area (Å²) in [6.45, 7) is 0. The maximum atomic E-state index is 13.1. The molecule has 13 heavy (non-hydrogen) atoms. The first-order valence-electron chi connectivity index (χ1n) is 3.51. The third-order valence-electron chi connectivity index (χ3n) is 1.60. The Kier molecular flexibility index (Phi) is 3.15. The van der Waals surface area contributed by atoms with E-state index in [9.17, 15) is 9.18 Å². The number of rotatable bonds is 2. The average Bonchev–Trinajstić information content (AvgIpc) is 2.12. The topological polar surface area (TPSA) is 40.9 Å². The Morgan fingerprint density at radius 3 is 2.85 bits per heavy atom. The summed E-state index contributed by atoms with van der Waals surface area (Å²) in [5.41, 5.74) is 0.332. The van der Waals surface area contributed by atoms with Crippen LogP contribution in [0.5, 0.6) is 0 Å². The molecular formula is C9H5BrFNO. The zero-order valence-corrected chi connectivity index (χ0v) is 8.14. The number of halogens is 2. The first kappa shape index (κ1) is 9.87. The van der Waals surface area contributed by atoms with Gasteiger partial charge in [0.25, 0.3) is 0 Å². The molecule has 0 heterocycles. The lowest BCUT2D eigenvalue weighted by Gasteiger charge is -2.02. The van der Waals surface area contributed by atoms with Crippen molar-refractivity contribution in [2.45, 2.75) is 6.42 Å². The third kappa shape index (κ3) is 1.93. The average molecular weight is 242 g/mol. The van der Waals surface area contributed by atoms with Crippen LogP contribution >= 0.6 is 15.9 Å². The van der Waals surface area contributed by atoms with Crippen LogP contribution in [0.3, 0.4) is 0 Å². The molecule has 0 unspecified atom stereocenters. The van der Waals surface area contributed by atoms with Crippen molar-refractivity contribution >= 4 is 22.2 Å². The summed E-state index contributed by atoms with van der Waals surface area (Å²) in [6, 6.07) is 4.52. The van der Waals surface area contributed by atoms with E-state index in [0.717, 1.165) is 0 Å². The van der Waals surface area contributed by atoms with Crippen molar-refractivity contribution in [2.75, 3.05) is 0 Å². The van der Waals surface area contributed by atoms with Crippen LogP contribution in [-0.4, -0.2) is 6.29 Å². The standard InChI is InChI=1S/C9H5BrFNO/c10-8-1-2-9(11)6(3-4-13)7(8)5-12/h1-2,4H,3H2. The third-order valence-corrected chi connectivity index (χ3v) is 2.26. The number of hydrogen-bond acceptors (Lipinski definition) is 2. The van der Waals surface area contributed by atoms with Crippen LogP contribution in [0.4, 0.5) is 4.39 Å². The van der Waals surface area contributed by atoms with Gasteiger partial charge in [-0.3, -0.25) is 0 Å². The first-order chi connectivity index (χ1) is 6.20. The molecule has 0 aliphatic heterocycles. The minimum Gasteiger partial charge on any atom is -0.303 e. The molecule has 0 spiro atoms. The lowest BCUT2D eigenvalue weighted by molar-refractivity contribution is -0.107. The minimum absolute atomic E-state index is 0.0752. The Morgan fingerprint density at radius 1 is 1.62 bits per heavy atom. The van der Waals surface area contributed by atoms with E-state index in [1.807, 2.05) is 6.07 Å². The van der Waals surface area contributed by atoms with Crippen LogP contribution in [0.15, 0.2) is 16.6 Å². The molecule has 66 valence electrons. The summed E-state index contributed by atoms with van der Waals surface area (Å²) < 4.78 is 13.6. The molecule has 0 saturated carbocycles. The molecule has 0 fully saturated rings. The molecule has 0 radical (unpaired) electrons. The van der Waals surface area contributed by atoms with Crippen molar-refractivity contribution in [3.63, 3.8) is 0 Å². The maximum absolute atomic E-state index is 13.1. The predicted octanol–water partition coefficient (Wildman–Crippen LogP) is 2.20. The Bertz CT molecular complexity index is 384. The molecule has 1 rings (SSSR count). The van der Waals surface area contributed by atoms with Gasteiger partial charge in [0.05, 0.1) is 5.56 Å². The summed E-state index contributed by atoms with van der Waals surface area (Å²) in [4.78, 5) is 10.2. The highest BCUT2D eigenvalue weighted by Crippen LogP contribution is 2.22. The molecule has 0 atom stereocenters. The van der Waals surface area contributed by atoms with E-state index in [0.29, 0.717) is 10.8 Å². The zero-order chi connectivity index (χ0) is 9.84. The van der Waals surface area contributed by atoms with Crippen LogP contribution in [0.2, 0.25) is 0 Å². The fourth-order valence-electron chi connectivity index (χ4n) is 0.998. The van der Waals surface area contributed by atoms with E-state index >= 15 is 0 Å². The fourth-order valence-corrected chi connectivity index (χ4v) is 1.46. The second-order valence-corrected chi connectivity index (χ2v) is 3.22. The van der Waals surface area contributed by atoms with Gasteiger partial charge < -0.3 is 4.79 Å². The minimum atomic E-state index is -0.521. The van der Waals surface area contributed by atoms with Gasteiger partial charge in [-0.25, -0.2) is 4.39 Å². The molecule has 0 aromatic heterocycles. The molecule has 0 aliphatic rings. The summed E-state index contributed by atoms with van der Waals surface area (Å²) in [7, 11) is 0. The van der Waals surface area contributed by atoms with E-state index < -0.39 is 5.82 Å². The van der Waals surface area contributed by atoms with Gasteiger partial charge in [-0.1, -0.05) is 0 Å². The van der Waals surface area contributed by atoms with Crippen LogP contribution in [0.1, 0.15) is 11.1 Å². The Labute approximate surface area is 83.1 Å². The molecule has 1 aromatic rings. The fraction of sp³-hybridized carbons (Fsp3) is 0.111. The number of nitrogens with zero attached hydrogens (tertiary/aromatic N) is 1. The molecule has 0 aliphatic carbocycles. The van der Waals surface area contributed by atoms with Crippen LogP contribution in [0.25, 0.3) is 0 Å². The van der Waals surface area contributed by atoms with Crippen molar-refractivity contribution in [3.8, 4) is 6.07 Å². The highest BCUT2D eigenvalue weighted by atomic mass is 79.9. The number of hydrogen-bond donors (Lipinski definition) is 0. The SMILES string of the molecule is N#Cc1c(Br)ccc(F)c1CC=O. The number of nitriles is 1. The zero-order valence-electron chi connectivity index (χ0n) is 6.55. The normalized spacial score (nSPS) is 9.31. The maximum Gasteiger partial charge on any atom is 0.128 e. The summed E-state index contributed by atoms with van der Waals surface area (Å²) in [5.74, 6) is -0.521. The molecule has 2 nitrogen and oxygen atoms in total. The smallest absolute Gasteiger partial charge is 0.128 e. The molecule has 1 aromatic carbocycles. The predicted molar refractivity (Wildman–Crippen MR) is 48.6 cm³/mol. The first-order valence-corrected chi connectivity index (χ1v) is 4.30. The number of carbonyl (C=O) groups excluding carboxylic acids is 1. The van der Waals surface area contributed by atoms with Crippen molar-refractivity contribution < 1.29 is 9.18 Å². The van der Waals surface area contributed by atoms with E-state index in [-0.39, 0.29) is 17.5 Å². The van der Waals surface area contributed by atoms with Gasteiger partial charge in [-0.15, -0.1) is 0 Å².